The Kier molecular flexibility index (Phi) is 4.76. The molecule has 2 heterocycles. The van der Waals surface area contributed by atoms with Gasteiger partial charge in [-0.05, 0) is 48.9 Å². The number of piperidine rings is 1. The van der Waals surface area contributed by atoms with E-state index in [0.29, 0.717) is 13.1 Å². The second-order valence-corrected chi connectivity index (χ2v) is 6.85. The van der Waals surface area contributed by atoms with Crippen LogP contribution in [0.4, 0.5) is 5.69 Å². The normalized spacial score (nSPS) is 15.4. The number of benzene rings is 1. The van der Waals surface area contributed by atoms with Crippen LogP contribution in [0.2, 0.25) is 0 Å². The van der Waals surface area contributed by atoms with E-state index < -0.39 is 0 Å². The standard InChI is InChI=1S/C18H20N2O2S/c1-13-4-2-5-15(12-13)19-17(21)14-7-9-20(10-8-14)18(22)16-6-3-11-23-16/h2-6,11-12,14H,7-10H2,1H3,(H,19,21). The van der Waals surface area contributed by atoms with Crippen LogP contribution in [-0.2, 0) is 4.79 Å². The van der Waals surface area contributed by atoms with Crippen LogP contribution in [0.25, 0.3) is 0 Å². The quantitative estimate of drug-likeness (QED) is 0.937. The Labute approximate surface area is 140 Å². The van der Waals surface area contributed by atoms with Gasteiger partial charge in [0.15, 0.2) is 0 Å². The number of likely N-dealkylation sites (tertiary alicyclic amines) is 1. The van der Waals surface area contributed by atoms with Crippen LogP contribution >= 0.6 is 11.3 Å². The second kappa shape index (κ2) is 6.96. The third-order valence-electron chi connectivity index (χ3n) is 4.17. The summed E-state index contributed by atoms with van der Waals surface area (Å²) in [5.74, 6) is 0.110. The third-order valence-corrected chi connectivity index (χ3v) is 5.03. The first-order valence-electron chi connectivity index (χ1n) is 7.84. The van der Waals surface area contributed by atoms with Crippen LogP contribution in [0.1, 0.15) is 28.1 Å². The first kappa shape index (κ1) is 15.7. The third kappa shape index (κ3) is 3.79. The van der Waals surface area contributed by atoms with Gasteiger partial charge < -0.3 is 10.2 Å². The molecule has 0 unspecified atom stereocenters. The average molecular weight is 328 g/mol. The number of carbonyl (C=O) groups excluding carboxylic acids is 2. The van der Waals surface area contributed by atoms with Crippen molar-refractivity contribution in [3.8, 4) is 0 Å². The minimum absolute atomic E-state index is 0.0251. The molecule has 1 saturated heterocycles. The van der Waals surface area contributed by atoms with E-state index in [-0.39, 0.29) is 17.7 Å². The summed E-state index contributed by atoms with van der Waals surface area (Å²) in [4.78, 5) is 27.3. The topological polar surface area (TPSA) is 49.4 Å². The molecule has 1 aromatic heterocycles. The molecular formula is C18H20N2O2S. The molecule has 5 heteroatoms. The fraction of sp³-hybridized carbons (Fsp3) is 0.333. The first-order chi connectivity index (χ1) is 11.1. The lowest BCUT2D eigenvalue weighted by Gasteiger charge is -2.31. The van der Waals surface area contributed by atoms with E-state index in [1.54, 1.807) is 0 Å². The second-order valence-electron chi connectivity index (χ2n) is 5.90. The fourth-order valence-electron chi connectivity index (χ4n) is 2.87. The molecule has 1 N–H and O–H groups in total. The zero-order valence-electron chi connectivity index (χ0n) is 13.1. The van der Waals surface area contributed by atoms with E-state index in [2.05, 4.69) is 5.32 Å². The number of rotatable bonds is 3. The summed E-state index contributed by atoms with van der Waals surface area (Å²) in [6, 6.07) is 11.6. The molecular weight excluding hydrogens is 308 g/mol. The van der Waals surface area contributed by atoms with Gasteiger partial charge in [0.1, 0.15) is 0 Å². The molecule has 0 bridgehead atoms. The van der Waals surface area contributed by atoms with Gasteiger partial charge in [0.05, 0.1) is 4.88 Å². The van der Waals surface area contributed by atoms with Gasteiger partial charge in [0.25, 0.3) is 5.91 Å². The predicted molar refractivity (Wildman–Crippen MR) is 92.8 cm³/mol. The molecule has 3 rings (SSSR count). The Hall–Kier alpha value is -2.14. The highest BCUT2D eigenvalue weighted by Gasteiger charge is 2.28. The van der Waals surface area contributed by atoms with Crippen molar-refractivity contribution in [2.75, 3.05) is 18.4 Å². The summed E-state index contributed by atoms with van der Waals surface area (Å²) < 4.78 is 0. The maximum Gasteiger partial charge on any atom is 0.263 e. The number of nitrogens with zero attached hydrogens (tertiary/aromatic N) is 1. The lowest BCUT2D eigenvalue weighted by Crippen LogP contribution is -2.41. The van der Waals surface area contributed by atoms with Crippen LogP contribution in [0.15, 0.2) is 41.8 Å². The van der Waals surface area contributed by atoms with Crippen molar-refractivity contribution >= 4 is 28.8 Å². The van der Waals surface area contributed by atoms with Gasteiger partial charge in [-0.15, -0.1) is 11.3 Å². The Bertz CT molecular complexity index is 689. The smallest absolute Gasteiger partial charge is 0.263 e. The van der Waals surface area contributed by atoms with E-state index in [4.69, 9.17) is 0 Å². The average Bonchev–Trinajstić information content (AvgIpc) is 3.09. The largest absolute Gasteiger partial charge is 0.338 e. The van der Waals surface area contributed by atoms with Gasteiger partial charge in [-0.3, -0.25) is 9.59 Å². The SMILES string of the molecule is Cc1cccc(NC(=O)C2CCN(C(=O)c3cccs3)CC2)c1. The molecule has 2 aromatic rings. The number of anilines is 1. The Balaban J connectivity index is 1.54. The summed E-state index contributed by atoms with van der Waals surface area (Å²) in [5.41, 5.74) is 1.96. The minimum Gasteiger partial charge on any atom is -0.338 e. The molecule has 1 aromatic carbocycles. The summed E-state index contributed by atoms with van der Waals surface area (Å²) in [6.45, 7) is 3.29. The fourth-order valence-corrected chi connectivity index (χ4v) is 3.56. The predicted octanol–water partition coefficient (Wildman–Crippen LogP) is 3.55. The maximum absolute atomic E-state index is 12.4. The Morgan fingerprint density at radius 3 is 2.61 bits per heavy atom. The van der Waals surface area contributed by atoms with Crippen molar-refractivity contribution in [2.24, 2.45) is 5.92 Å². The molecule has 0 aliphatic carbocycles. The number of nitrogens with one attached hydrogen (secondary N) is 1. The molecule has 0 spiro atoms. The molecule has 1 aliphatic rings. The molecule has 0 radical (unpaired) electrons. The highest BCUT2D eigenvalue weighted by Crippen LogP contribution is 2.22. The number of aryl methyl sites for hydroxylation is 1. The molecule has 2 amide bonds. The maximum atomic E-state index is 12.4. The Morgan fingerprint density at radius 2 is 1.96 bits per heavy atom. The van der Waals surface area contributed by atoms with Crippen molar-refractivity contribution < 1.29 is 9.59 Å². The van der Waals surface area contributed by atoms with Gasteiger partial charge in [-0.2, -0.15) is 0 Å². The minimum atomic E-state index is -0.0251. The molecule has 0 atom stereocenters. The molecule has 23 heavy (non-hydrogen) atoms. The van der Waals surface area contributed by atoms with Crippen LogP contribution in [0.5, 0.6) is 0 Å². The molecule has 120 valence electrons. The monoisotopic (exact) mass is 328 g/mol. The van der Waals surface area contributed by atoms with Crippen molar-refractivity contribution in [3.05, 3.63) is 52.2 Å². The number of carbonyl (C=O) groups is 2. The molecule has 1 fully saturated rings. The number of hydrogen-bond acceptors (Lipinski definition) is 3. The van der Waals surface area contributed by atoms with E-state index in [1.807, 2.05) is 53.6 Å². The summed E-state index contributed by atoms with van der Waals surface area (Å²) in [6.07, 6.45) is 1.43. The van der Waals surface area contributed by atoms with E-state index in [1.165, 1.54) is 11.3 Å². The van der Waals surface area contributed by atoms with Crippen LogP contribution in [0.3, 0.4) is 0 Å². The number of thiophene rings is 1. The lowest BCUT2D eigenvalue weighted by molar-refractivity contribution is -0.121. The van der Waals surface area contributed by atoms with Gasteiger partial charge in [-0.1, -0.05) is 18.2 Å². The molecule has 0 saturated carbocycles. The van der Waals surface area contributed by atoms with Crippen molar-refractivity contribution in [2.45, 2.75) is 19.8 Å². The van der Waals surface area contributed by atoms with Gasteiger partial charge in [-0.25, -0.2) is 0 Å². The first-order valence-corrected chi connectivity index (χ1v) is 8.72. The summed E-state index contributed by atoms with van der Waals surface area (Å²) >= 11 is 1.46. The van der Waals surface area contributed by atoms with Gasteiger partial charge in [0, 0.05) is 24.7 Å². The number of amides is 2. The van der Waals surface area contributed by atoms with Gasteiger partial charge >= 0.3 is 0 Å². The molecule has 4 nitrogen and oxygen atoms in total. The van der Waals surface area contributed by atoms with Crippen molar-refractivity contribution in [1.29, 1.82) is 0 Å². The highest BCUT2D eigenvalue weighted by atomic mass is 32.1. The summed E-state index contributed by atoms with van der Waals surface area (Å²) in [5, 5.41) is 4.90. The van der Waals surface area contributed by atoms with E-state index in [0.717, 1.165) is 29.0 Å². The highest BCUT2D eigenvalue weighted by molar-refractivity contribution is 7.12. The zero-order valence-corrected chi connectivity index (χ0v) is 13.9. The van der Waals surface area contributed by atoms with Crippen LogP contribution < -0.4 is 5.32 Å². The van der Waals surface area contributed by atoms with E-state index >= 15 is 0 Å². The van der Waals surface area contributed by atoms with Crippen molar-refractivity contribution in [1.82, 2.24) is 4.90 Å². The lowest BCUT2D eigenvalue weighted by atomic mass is 9.95. The number of hydrogen-bond donors (Lipinski definition) is 1. The van der Waals surface area contributed by atoms with Crippen LogP contribution in [0, 0.1) is 12.8 Å². The van der Waals surface area contributed by atoms with Crippen molar-refractivity contribution in [3.63, 3.8) is 0 Å². The van der Waals surface area contributed by atoms with Gasteiger partial charge in [0.2, 0.25) is 5.91 Å². The van der Waals surface area contributed by atoms with E-state index in [9.17, 15) is 9.59 Å². The Morgan fingerprint density at radius 1 is 1.17 bits per heavy atom. The molecule has 1 aliphatic heterocycles. The zero-order chi connectivity index (χ0) is 16.2. The van der Waals surface area contributed by atoms with Crippen LogP contribution in [-0.4, -0.2) is 29.8 Å². The summed E-state index contributed by atoms with van der Waals surface area (Å²) in [7, 11) is 0.